The molecule has 2 aromatic carbocycles. The molecular formula is C24H28O3. The minimum atomic E-state index is -0.905. The van der Waals surface area contributed by atoms with Crippen LogP contribution in [0.25, 0.3) is 11.6 Å². The average molecular weight is 364 g/mol. The molecule has 0 atom stereocenters. The highest BCUT2D eigenvalue weighted by Gasteiger charge is 2.39. The molecule has 0 aromatic heterocycles. The summed E-state index contributed by atoms with van der Waals surface area (Å²) in [5.41, 5.74) is 5.95. The number of hydrogen-bond acceptors (Lipinski definition) is 2. The van der Waals surface area contributed by atoms with Gasteiger partial charge in [0.05, 0.1) is 5.56 Å². The topological polar surface area (TPSA) is 46.5 Å². The maximum Gasteiger partial charge on any atom is 0.335 e. The summed E-state index contributed by atoms with van der Waals surface area (Å²) in [7, 11) is 0. The quantitative estimate of drug-likeness (QED) is 0.670. The van der Waals surface area contributed by atoms with Gasteiger partial charge in [0.25, 0.3) is 0 Å². The molecule has 3 nitrogen and oxygen atoms in total. The maximum atomic E-state index is 11.0. The van der Waals surface area contributed by atoms with Crippen molar-refractivity contribution in [2.24, 2.45) is 0 Å². The largest absolute Gasteiger partial charge is 0.488 e. The van der Waals surface area contributed by atoms with Crippen LogP contribution in [-0.4, -0.2) is 16.7 Å². The predicted molar refractivity (Wildman–Crippen MR) is 110 cm³/mol. The van der Waals surface area contributed by atoms with Crippen LogP contribution >= 0.6 is 0 Å². The van der Waals surface area contributed by atoms with E-state index >= 15 is 0 Å². The SMILES string of the molecule is CC(=Cc1ccc(C(=O)O)cc1)c1cc2c(cc1C)OC(C)(C)CC2(C)C. The van der Waals surface area contributed by atoms with Crippen LogP contribution in [0.2, 0.25) is 0 Å². The molecule has 0 saturated carbocycles. The summed E-state index contributed by atoms with van der Waals surface area (Å²) in [6, 6.07) is 11.4. The minimum absolute atomic E-state index is 0.0446. The molecule has 1 aliphatic rings. The monoisotopic (exact) mass is 364 g/mol. The van der Waals surface area contributed by atoms with Gasteiger partial charge in [-0.15, -0.1) is 0 Å². The third-order valence-corrected chi connectivity index (χ3v) is 5.28. The highest BCUT2D eigenvalue weighted by Crippen LogP contribution is 2.46. The number of fused-ring (bicyclic) bond motifs is 1. The van der Waals surface area contributed by atoms with Crippen molar-refractivity contribution >= 4 is 17.6 Å². The second-order valence-corrected chi connectivity index (χ2v) is 8.84. The number of carboxylic acid groups (broad SMARTS) is 1. The molecule has 0 amide bonds. The molecule has 0 saturated heterocycles. The first-order chi connectivity index (χ1) is 12.5. The lowest BCUT2D eigenvalue weighted by molar-refractivity contribution is 0.0533. The van der Waals surface area contributed by atoms with E-state index in [1.54, 1.807) is 12.1 Å². The zero-order chi connectivity index (χ0) is 20.0. The molecule has 1 aliphatic heterocycles. The van der Waals surface area contributed by atoms with E-state index in [0.29, 0.717) is 5.56 Å². The summed E-state index contributed by atoms with van der Waals surface area (Å²) >= 11 is 0. The Morgan fingerprint density at radius 3 is 2.33 bits per heavy atom. The Morgan fingerprint density at radius 2 is 1.74 bits per heavy atom. The van der Waals surface area contributed by atoms with E-state index in [1.807, 2.05) is 12.1 Å². The summed E-state index contributed by atoms with van der Waals surface area (Å²) < 4.78 is 6.25. The van der Waals surface area contributed by atoms with E-state index in [-0.39, 0.29) is 11.0 Å². The van der Waals surface area contributed by atoms with E-state index in [0.717, 1.165) is 23.3 Å². The van der Waals surface area contributed by atoms with E-state index in [1.165, 1.54) is 16.7 Å². The van der Waals surface area contributed by atoms with Gasteiger partial charge in [-0.3, -0.25) is 0 Å². The fourth-order valence-corrected chi connectivity index (χ4v) is 4.26. The number of aromatic carboxylic acids is 1. The molecule has 1 N–H and O–H groups in total. The predicted octanol–water partition coefficient (Wildman–Crippen LogP) is 6.09. The molecule has 3 heteroatoms. The van der Waals surface area contributed by atoms with Gasteiger partial charge in [-0.25, -0.2) is 4.79 Å². The van der Waals surface area contributed by atoms with Crippen molar-refractivity contribution in [3.05, 3.63) is 64.2 Å². The highest BCUT2D eigenvalue weighted by molar-refractivity contribution is 5.88. The summed E-state index contributed by atoms with van der Waals surface area (Å²) in [6.07, 6.45) is 3.07. The molecular weight excluding hydrogens is 336 g/mol. The van der Waals surface area contributed by atoms with Gasteiger partial charge < -0.3 is 9.84 Å². The van der Waals surface area contributed by atoms with Crippen molar-refractivity contribution in [1.82, 2.24) is 0 Å². The van der Waals surface area contributed by atoms with Gasteiger partial charge in [-0.1, -0.05) is 32.1 Å². The molecule has 27 heavy (non-hydrogen) atoms. The van der Waals surface area contributed by atoms with Gasteiger partial charge in [0, 0.05) is 5.56 Å². The fourth-order valence-electron chi connectivity index (χ4n) is 4.26. The Kier molecular flexibility index (Phi) is 4.67. The number of aryl methyl sites for hydroxylation is 1. The second-order valence-electron chi connectivity index (χ2n) is 8.84. The van der Waals surface area contributed by atoms with Crippen molar-refractivity contribution in [2.45, 2.75) is 59.0 Å². The third kappa shape index (κ3) is 3.92. The van der Waals surface area contributed by atoms with E-state index in [4.69, 9.17) is 9.84 Å². The summed E-state index contributed by atoms with van der Waals surface area (Å²) in [6.45, 7) is 13.1. The van der Waals surface area contributed by atoms with Gasteiger partial charge in [0.1, 0.15) is 11.4 Å². The number of ether oxygens (including phenoxy) is 1. The average Bonchev–Trinajstić information content (AvgIpc) is 2.52. The van der Waals surface area contributed by atoms with Crippen molar-refractivity contribution in [1.29, 1.82) is 0 Å². The first kappa shape index (κ1) is 19.2. The van der Waals surface area contributed by atoms with Gasteiger partial charge in [0.2, 0.25) is 0 Å². The van der Waals surface area contributed by atoms with Crippen molar-refractivity contribution in [2.75, 3.05) is 0 Å². The molecule has 3 rings (SSSR count). The standard InChI is InChI=1S/C24H28O3/c1-15(11-17-7-9-18(10-8-17)22(25)26)19-13-20-21(12-16(19)2)27-24(5,6)14-23(20,3)4/h7-13H,14H2,1-6H3,(H,25,26). The van der Waals surface area contributed by atoms with Crippen molar-refractivity contribution in [3.8, 4) is 5.75 Å². The molecule has 1 heterocycles. The molecule has 142 valence electrons. The Hall–Kier alpha value is -2.55. The molecule has 0 fully saturated rings. The summed E-state index contributed by atoms with van der Waals surface area (Å²) in [5, 5.41) is 9.04. The number of benzene rings is 2. The zero-order valence-corrected chi connectivity index (χ0v) is 17.0. The molecule has 2 aromatic rings. The number of allylic oxidation sites excluding steroid dienone is 1. The maximum absolute atomic E-state index is 11.0. The highest BCUT2D eigenvalue weighted by atomic mass is 16.5. The number of rotatable bonds is 3. The van der Waals surface area contributed by atoms with Crippen LogP contribution in [0, 0.1) is 6.92 Å². The van der Waals surface area contributed by atoms with Crippen molar-refractivity contribution < 1.29 is 14.6 Å². The van der Waals surface area contributed by atoms with Gasteiger partial charge in [-0.05, 0) is 86.1 Å². The van der Waals surface area contributed by atoms with Gasteiger partial charge >= 0.3 is 5.97 Å². The zero-order valence-electron chi connectivity index (χ0n) is 17.0. The van der Waals surface area contributed by atoms with E-state index in [9.17, 15) is 4.79 Å². The van der Waals surface area contributed by atoms with Crippen LogP contribution in [0.5, 0.6) is 5.75 Å². The molecule has 0 spiro atoms. The van der Waals surface area contributed by atoms with Crippen molar-refractivity contribution in [3.63, 3.8) is 0 Å². The fraction of sp³-hybridized carbons (Fsp3) is 0.375. The van der Waals surface area contributed by atoms with Crippen LogP contribution in [-0.2, 0) is 5.41 Å². The third-order valence-electron chi connectivity index (χ3n) is 5.28. The lowest BCUT2D eigenvalue weighted by atomic mass is 9.72. The lowest BCUT2D eigenvalue weighted by Gasteiger charge is -2.43. The Morgan fingerprint density at radius 1 is 1.11 bits per heavy atom. The van der Waals surface area contributed by atoms with Gasteiger partial charge in [-0.2, -0.15) is 0 Å². The number of carboxylic acids is 1. The van der Waals surface area contributed by atoms with Crippen LogP contribution in [0.15, 0.2) is 36.4 Å². The molecule has 0 aliphatic carbocycles. The Balaban J connectivity index is 2.01. The van der Waals surface area contributed by atoms with Crippen LogP contribution in [0.4, 0.5) is 0 Å². The summed E-state index contributed by atoms with van der Waals surface area (Å²) in [5.74, 6) is 0.0778. The van der Waals surface area contributed by atoms with Crippen LogP contribution < -0.4 is 4.74 Å². The molecule has 0 unspecified atom stereocenters. The number of carbonyl (C=O) groups is 1. The number of hydrogen-bond donors (Lipinski definition) is 1. The Bertz CT molecular complexity index is 915. The first-order valence-electron chi connectivity index (χ1n) is 9.35. The normalized spacial score (nSPS) is 17.8. The molecule has 0 bridgehead atoms. The first-order valence-corrected chi connectivity index (χ1v) is 9.35. The van der Waals surface area contributed by atoms with Crippen LogP contribution in [0.1, 0.15) is 73.7 Å². The molecule has 0 radical (unpaired) electrons. The minimum Gasteiger partial charge on any atom is -0.488 e. The smallest absolute Gasteiger partial charge is 0.335 e. The van der Waals surface area contributed by atoms with E-state index < -0.39 is 5.97 Å². The van der Waals surface area contributed by atoms with Crippen LogP contribution in [0.3, 0.4) is 0 Å². The summed E-state index contributed by atoms with van der Waals surface area (Å²) in [4.78, 5) is 11.0. The second kappa shape index (κ2) is 6.56. The van der Waals surface area contributed by atoms with Gasteiger partial charge in [0.15, 0.2) is 0 Å². The Labute approximate surface area is 161 Å². The van der Waals surface area contributed by atoms with E-state index in [2.05, 4.69) is 59.8 Å². The lowest BCUT2D eigenvalue weighted by Crippen LogP contribution is -2.41.